The molecule has 90 valence electrons. The van der Waals surface area contributed by atoms with Crippen LogP contribution in [0.2, 0.25) is 0 Å². The van der Waals surface area contributed by atoms with E-state index in [-0.39, 0.29) is 0 Å². The Balaban J connectivity index is 1.76. The number of imidazole rings is 1. The zero-order valence-electron chi connectivity index (χ0n) is 9.21. The first-order valence-corrected chi connectivity index (χ1v) is 7.29. The number of rotatable bonds is 4. The van der Waals surface area contributed by atoms with Crippen LogP contribution in [0.25, 0.3) is 0 Å². The summed E-state index contributed by atoms with van der Waals surface area (Å²) < 4.78 is 3.23. The minimum atomic E-state index is -0.455. The Morgan fingerprint density at radius 3 is 3.00 bits per heavy atom. The van der Waals surface area contributed by atoms with Gasteiger partial charge in [0.25, 0.3) is 0 Å². The van der Waals surface area contributed by atoms with E-state index >= 15 is 0 Å². The van der Waals surface area contributed by atoms with E-state index in [4.69, 9.17) is 0 Å². The van der Waals surface area contributed by atoms with Crippen LogP contribution in [0.1, 0.15) is 35.6 Å². The van der Waals surface area contributed by atoms with Crippen LogP contribution < -0.4 is 0 Å². The highest BCUT2D eigenvalue weighted by Crippen LogP contribution is 2.37. The summed E-state index contributed by atoms with van der Waals surface area (Å²) in [6.45, 7) is 0. The van der Waals surface area contributed by atoms with Gasteiger partial charge in [0, 0.05) is 17.3 Å². The topological polar surface area (TPSA) is 38.1 Å². The van der Waals surface area contributed by atoms with E-state index < -0.39 is 6.10 Å². The zero-order valence-corrected chi connectivity index (χ0v) is 11.6. The van der Waals surface area contributed by atoms with Gasteiger partial charge in [0.05, 0.1) is 22.0 Å². The second-order valence-electron chi connectivity index (χ2n) is 4.38. The first kappa shape index (κ1) is 11.4. The summed E-state index contributed by atoms with van der Waals surface area (Å²) in [5, 5.41) is 10.3. The van der Waals surface area contributed by atoms with Gasteiger partial charge in [-0.05, 0) is 40.9 Å². The minimum Gasteiger partial charge on any atom is -0.386 e. The molecule has 0 radical (unpaired) electrons. The molecule has 1 atom stereocenters. The number of aromatic nitrogens is 2. The second-order valence-corrected chi connectivity index (χ2v) is 6.93. The molecule has 0 saturated heterocycles. The molecule has 2 aromatic heterocycles. The molecule has 1 N–H and O–H groups in total. The summed E-state index contributed by atoms with van der Waals surface area (Å²) >= 11 is 5.11. The first-order chi connectivity index (χ1) is 8.24. The molecule has 3 rings (SSSR count). The normalized spacial score (nSPS) is 17.3. The van der Waals surface area contributed by atoms with Gasteiger partial charge in [-0.1, -0.05) is 0 Å². The van der Waals surface area contributed by atoms with Crippen molar-refractivity contribution in [3.8, 4) is 0 Å². The lowest BCUT2D eigenvalue weighted by Crippen LogP contribution is -2.07. The Labute approximate surface area is 112 Å². The van der Waals surface area contributed by atoms with Crippen molar-refractivity contribution >= 4 is 27.3 Å². The first-order valence-electron chi connectivity index (χ1n) is 5.68. The van der Waals surface area contributed by atoms with Gasteiger partial charge in [0.1, 0.15) is 6.10 Å². The van der Waals surface area contributed by atoms with Gasteiger partial charge in [-0.2, -0.15) is 0 Å². The third-order valence-electron chi connectivity index (χ3n) is 3.00. The molecule has 1 fully saturated rings. The van der Waals surface area contributed by atoms with E-state index in [2.05, 4.69) is 31.5 Å². The van der Waals surface area contributed by atoms with Gasteiger partial charge >= 0.3 is 0 Å². The van der Waals surface area contributed by atoms with E-state index in [0.29, 0.717) is 12.5 Å². The van der Waals surface area contributed by atoms with Crippen LogP contribution in [0, 0.1) is 0 Å². The molecule has 17 heavy (non-hydrogen) atoms. The smallest absolute Gasteiger partial charge is 0.100 e. The zero-order chi connectivity index (χ0) is 11.8. The predicted molar refractivity (Wildman–Crippen MR) is 71.2 cm³/mol. The van der Waals surface area contributed by atoms with E-state index in [1.165, 1.54) is 17.7 Å². The molecule has 2 aromatic rings. The van der Waals surface area contributed by atoms with Gasteiger partial charge in [-0.15, -0.1) is 11.3 Å². The summed E-state index contributed by atoms with van der Waals surface area (Å²) in [5.41, 5.74) is 0.942. The van der Waals surface area contributed by atoms with Crippen molar-refractivity contribution in [3.63, 3.8) is 0 Å². The lowest BCUT2D eigenvalue weighted by molar-refractivity contribution is 0.169. The molecule has 0 bridgehead atoms. The quantitative estimate of drug-likeness (QED) is 0.940. The highest BCUT2D eigenvalue weighted by atomic mass is 79.9. The number of hydrogen-bond donors (Lipinski definition) is 1. The monoisotopic (exact) mass is 312 g/mol. The number of aliphatic hydroxyl groups is 1. The third-order valence-corrected chi connectivity index (χ3v) is 4.65. The lowest BCUT2D eigenvalue weighted by Gasteiger charge is -2.12. The van der Waals surface area contributed by atoms with Gasteiger partial charge in [-0.3, -0.25) is 0 Å². The van der Waals surface area contributed by atoms with Crippen LogP contribution in [0.3, 0.4) is 0 Å². The summed E-state index contributed by atoms with van der Waals surface area (Å²) in [5.74, 6) is 0. The molecule has 5 heteroatoms. The lowest BCUT2D eigenvalue weighted by atomic mass is 10.1. The van der Waals surface area contributed by atoms with Gasteiger partial charge in [0.2, 0.25) is 0 Å². The number of halogens is 1. The molecule has 3 nitrogen and oxygen atoms in total. The van der Waals surface area contributed by atoms with Crippen LogP contribution in [0.4, 0.5) is 0 Å². The molecule has 0 spiro atoms. The highest BCUT2D eigenvalue weighted by Gasteiger charge is 2.27. The van der Waals surface area contributed by atoms with Crippen LogP contribution in [-0.2, 0) is 6.42 Å². The maximum Gasteiger partial charge on any atom is 0.100 e. The molecule has 1 aliphatic rings. The Morgan fingerprint density at radius 2 is 2.35 bits per heavy atom. The fourth-order valence-corrected chi connectivity index (χ4v) is 3.51. The maximum absolute atomic E-state index is 10.3. The number of aliphatic hydroxyl groups excluding tert-OH is 1. The average Bonchev–Trinajstić information content (AvgIpc) is 2.88. The van der Waals surface area contributed by atoms with Crippen LogP contribution >= 0.6 is 27.3 Å². The Bertz CT molecular complexity index is 518. The molecule has 2 heterocycles. The van der Waals surface area contributed by atoms with Crippen molar-refractivity contribution in [1.29, 1.82) is 0 Å². The van der Waals surface area contributed by atoms with Crippen molar-refractivity contribution in [2.45, 2.75) is 31.4 Å². The van der Waals surface area contributed by atoms with Crippen molar-refractivity contribution in [1.82, 2.24) is 9.55 Å². The van der Waals surface area contributed by atoms with Gasteiger partial charge in [0.15, 0.2) is 0 Å². The number of hydrogen-bond acceptors (Lipinski definition) is 3. The summed E-state index contributed by atoms with van der Waals surface area (Å²) in [6.07, 6.45) is 6.24. The van der Waals surface area contributed by atoms with Crippen molar-refractivity contribution in [2.24, 2.45) is 0 Å². The van der Waals surface area contributed by atoms with Crippen molar-refractivity contribution in [2.75, 3.05) is 0 Å². The van der Waals surface area contributed by atoms with E-state index in [9.17, 15) is 5.11 Å². The molecule has 1 unspecified atom stereocenters. The molecular weight excluding hydrogens is 300 g/mol. The highest BCUT2D eigenvalue weighted by molar-refractivity contribution is 9.11. The Morgan fingerprint density at radius 1 is 1.53 bits per heavy atom. The Kier molecular flexibility index (Phi) is 3.06. The summed E-state index contributed by atoms with van der Waals surface area (Å²) in [4.78, 5) is 5.34. The van der Waals surface area contributed by atoms with E-state index in [0.717, 1.165) is 9.48 Å². The molecule has 0 amide bonds. The SMILES string of the molecule is OC(Cc1ccc(Br)s1)c1cncn1C1CC1. The molecular formula is C12H13BrN2OS. The van der Waals surface area contributed by atoms with E-state index in [1.807, 2.05) is 12.4 Å². The standard InChI is InChI=1S/C12H13BrN2OS/c13-12-4-3-9(17-12)5-11(16)10-6-14-7-15(10)8-1-2-8/h3-4,6-8,11,16H,1-2,5H2. The van der Waals surface area contributed by atoms with Crippen molar-refractivity contribution < 1.29 is 5.11 Å². The average molecular weight is 313 g/mol. The van der Waals surface area contributed by atoms with Gasteiger partial charge < -0.3 is 9.67 Å². The molecule has 1 saturated carbocycles. The van der Waals surface area contributed by atoms with Crippen LogP contribution in [0.5, 0.6) is 0 Å². The summed E-state index contributed by atoms with van der Waals surface area (Å²) in [6, 6.07) is 4.64. The van der Waals surface area contributed by atoms with Crippen LogP contribution in [-0.4, -0.2) is 14.7 Å². The molecule has 0 aliphatic heterocycles. The minimum absolute atomic E-state index is 0.455. The van der Waals surface area contributed by atoms with Crippen LogP contribution in [0.15, 0.2) is 28.4 Å². The number of thiophene rings is 1. The molecule has 1 aliphatic carbocycles. The third kappa shape index (κ3) is 2.46. The predicted octanol–water partition coefficient (Wildman–Crippen LogP) is 3.32. The van der Waals surface area contributed by atoms with Crippen molar-refractivity contribution in [3.05, 3.63) is 39.0 Å². The second kappa shape index (κ2) is 4.55. The summed E-state index contributed by atoms with van der Waals surface area (Å²) in [7, 11) is 0. The Hall–Kier alpha value is -0.650. The largest absolute Gasteiger partial charge is 0.386 e. The van der Waals surface area contributed by atoms with E-state index in [1.54, 1.807) is 17.5 Å². The fourth-order valence-electron chi connectivity index (χ4n) is 1.99. The number of nitrogens with zero attached hydrogens (tertiary/aromatic N) is 2. The van der Waals surface area contributed by atoms with Gasteiger partial charge in [-0.25, -0.2) is 4.98 Å². The maximum atomic E-state index is 10.3. The molecule has 0 aromatic carbocycles. The fraction of sp³-hybridized carbons (Fsp3) is 0.417.